The first-order valence-electron chi connectivity index (χ1n) is 10.5. The Balaban J connectivity index is 1.44. The molecule has 0 spiro atoms. The number of hydrogen-bond donors (Lipinski definition) is 1. The average Bonchev–Trinajstić information content (AvgIpc) is 3.42. The second kappa shape index (κ2) is 9.02. The largest absolute Gasteiger partial charge is 0.435 e. The summed E-state index contributed by atoms with van der Waals surface area (Å²) in [5, 5.41) is 12.1. The fraction of sp³-hybridized carbons (Fsp3) is 0.409. The zero-order valence-corrected chi connectivity index (χ0v) is 19.5. The molecule has 1 aromatic carbocycles. The summed E-state index contributed by atoms with van der Waals surface area (Å²) in [5.74, 6) is -0.241. The van der Waals surface area contributed by atoms with Crippen LogP contribution in [-0.4, -0.2) is 25.5 Å². The van der Waals surface area contributed by atoms with Gasteiger partial charge in [0, 0.05) is 34.6 Å². The number of aryl methyl sites for hydroxylation is 2. The molecule has 1 fully saturated rings. The highest BCUT2D eigenvalue weighted by atomic mass is 35.5. The van der Waals surface area contributed by atoms with E-state index in [1.165, 1.54) is 4.68 Å². The van der Waals surface area contributed by atoms with Crippen molar-refractivity contribution in [2.24, 2.45) is 0 Å². The Morgan fingerprint density at radius 1 is 1.15 bits per heavy atom. The molecule has 176 valence electrons. The summed E-state index contributed by atoms with van der Waals surface area (Å²) < 4.78 is 42.2. The lowest BCUT2D eigenvalue weighted by Gasteiger charge is -2.10. The van der Waals surface area contributed by atoms with Gasteiger partial charge in [-0.15, -0.1) is 0 Å². The lowest BCUT2D eigenvalue weighted by Crippen LogP contribution is -2.17. The number of nitrogens with zero attached hydrogens (tertiary/aromatic N) is 4. The number of hydrogen-bond acceptors (Lipinski definition) is 3. The number of alkyl halides is 3. The molecule has 2 aromatic heterocycles. The van der Waals surface area contributed by atoms with Gasteiger partial charge in [-0.25, -0.2) is 0 Å². The smallest absolute Gasteiger partial charge is 0.323 e. The summed E-state index contributed by atoms with van der Waals surface area (Å²) in [6.07, 6.45) is -2.84. The molecular formula is C22H22Cl2F3N5O. The Morgan fingerprint density at radius 3 is 2.52 bits per heavy atom. The van der Waals surface area contributed by atoms with Crippen molar-refractivity contribution >= 4 is 34.8 Å². The SMILES string of the molecule is Cc1nn(Cc2ccc(Cl)cc2Cl)c(C)c1NC(=O)CCn1nc(C(F)(F)F)cc1C1CC1. The number of anilines is 1. The molecule has 1 saturated carbocycles. The van der Waals surface area contributed by atoms with E-state index in [9.17, 15) is 18.0 Å². The summed E-state index contributed by atoms with van der Waals surface area (Å²) in [5.41, 5.74) is 2.39. The van der Waals surface area contributed by atoms with Crippen molar-refractivity contribution in [3.05, 3.63) is 62.6 Å². The van der Waals surface area contributed by atoms with Crippen LogP contribution in [0.5, 0.6) is 0 Å². The monoisotopic (exact) mass is 499 g/mol. The number of carbonyl (C=O) groups is 1. The number of halogens is 5. The fourth-order valence-electron chi connectivity index (χ4n) is 3.71. The molecule has 0 radical (unpaired) electrons. The molecular weight excluding hydrogens is 478 g/mol. The van der Waals surface area contributed by atoms with Gasteiger partial charge in [-0.1, -0.05) is 29.3 Å². The van der Waals surface area contributed by atoms with Gasteiger partial charge >= 0.3 is 6.18 Å². The van der Waals surface area contributed by atoms with E-state index in [0.29, 0.717) is 33.7 Å². The van der Waals surface area contributed by atoms with E-state index in [1.54, 1.807) is 23.7 Å². The molecule has 0 atom stereocenters. The fourth-order valence-corrected chi connectivity index (χ4v) is 4.18. The molecule has 0 bridgehead atoms. The first-order chi connectivity index (χ1) is 15.5. The molecule has 0 aliphatic heterocycles. The number of benzene rings is 1. The zero-order chi connectivity index (χ0) is 23.9. The van der Waals surface area contributed by atoms with Crippen molar-refractivity contribution in [3.63, 3.8) is 0 Å². The lowest BCUT2D eigenvalue weighted by molar-refractivity contribution is -0.141. The van der Waals surface area contributed by atoms with Crippen LogP contribution in [0.3, 0.4) is 0 Å². The molecule has 2 heterocycles. The quantitative estimate of drug-likeness (QED) is 0.435. The van der Waals surface area contributed by atoms with Crippen LogP contribution in [0.1, 0.15) is 53.5 Å². The maximum absolute atomic E-state index is 13.1. The molecule has 1 aliphatic rings. The van der Waals surface area contributed by atoms with Crippen LogP contribution < -0.4 is 5.32 Å². The summed E-state index contributed by atoms with van der Waals surface area (Å²) in [4.78, 5) is 12.6. The van der Waals surface area contributed by atoms with Crippen molar-refractivity contribution in [3.8, 4) is 0 Å². The minimum absolute atomic E-state index is 0.00817. The molecule has 6 nitrogen and oxygen atoms in total. The van der Waals surface area contributed by atoms with Crippen molar-refractivity contribution in [2.75, 3.05) is 5.32 Å². The van der Waals surface area contributed by atoms with Gasteiger partial charge in [0.15, 0.2) is 5.69 Å². The molecule has 0 unspecified atom stereocenters. The topological polar surface area (TPSA) is 64.7 Å². The number of nitrogens with one attached hydrogen (secondary N) is 1. The third kappa shape index (κ3) is 5.35. The Labute approximate surface area is 198 Å². The van der Waals surface area contributed by atoms with Gasteiger partial charge in [0.1, 0.15) is 0 Å². The van der Waals surface area contributed by atoms with Crippen LogP contribution in [-0.2, 0) is 24.1 Å². The maximum Gasteiger partial charge on any atom is 0.435 e. The third-order valence-corrected chi connectivity index (χ3v) is 6.22. The van der Waals surface area contributed by atoms with Gasteiger partial charge in [0.25, 0.3) is 0 Å². The van der Waals surface area contributed by atoms with Gasteiger partial charge in [-0.2, -0.15) is 23.4 Å². The lowest BCUT2D eigenvalue weighted by atomic mass is 10.2. The molecule has 4 rings (SSSR count). The first-order valence-corrected chi connectivity index (χ1v) is 11.2. The number of rotatable bonds is 7. The van der Waals surface area contributed by atoms with Gasteiger partial charge in [0.05, 0.1) is 23.6 Å². The second-order valence-electron chi connectivity index (χ2n) is 8.19. The third-order valence-electron chi connectivity index (χ3n) is 5.63. The van der Waals surface area contributed by atoms with E-state index in [0.717, 1.165) is 30.2 Å². The molecule has 33 heavy (non-hydrogen) atoms. The van der Waals surface area contributed by atoms with Crippen LogP contribution in [0.25, 0.3) is 0 Å². The van der Waals surface area contributed by atoms with E-state index < -0.39 is 11.9 Å². The summed E-state index contributed by atoms with van der Waals surface area (Å²) in [7, 11) is 0. The highest BCUT2D eigenvalue weighted by molar-refractivity contribution is 6.35. The van der Waals surface area contributed by atoms with Gasteiger partial charge in [-0.3, -0.25) is 14.2 Å². The maximum atomic E-state index is 13.1. The van der Waals surface area contributed by atoms with E-state index in [4.69, 9.17) is 23.2 Å². The average molecular weight is 500 g/mol. The molecule has 11 heteroatoms. The van der Waals surface area contributed by atoms with Crippen molar-refractivity contribution in [2.45, 2.75) is 58.3 Å². The van der Waals surface area contributed by atoms with Gasteiger partial charge < -0.3 is 5.32 Å². The minimum Gasteiger partial charge on any atom is -0.323 e. The normalized spacial score (nSPS) is 14.0. The molecule has 1 N–H and O–H groups in total. The van der Waals surface area contributed by atoms with Crippen LogP contribution in [0.2, 0.25) is 10.0 Å². The Hall–Kier alpha value is -2.52. The van der Waals surface area contributed by atoms with Crippen LogP contribution >= 0.6 is 23.2 Å². The molecule has 1 aliphatic carbocycles. The molecule has 3 aromatic rings. The Morgan fingerprint density at radius 2 is 1.88 bits per heavy atom. The van der Waals surface area contributed by atoms with E-state index in [2.05, 4.69) is 15.5 Å². The van der Waals surface area contributed by atoms with Crippen molar-refractivity contribution < 1.29 is 18.0 Å². The molecule has 1 amide bonds. The van der Waals surface area contributed by atoms with Crippen LogP contribution in [0.4, 0.5) is 18.9 Å². The Kier molecular flexibility index (Phi) is 6.46. The minimum atomic E-state index is -4.51. The zero-order valence-electron chi connectivity index (χ0n) is 18.0. The van der Waals surface area contributed by atoms with E-state index in [1.807, 2.05) is 13.0 Å². The number of carbonyl (C=O) groups excluding carboxylic acids is 1. The number of amides is 1. The first kappa shape index (κ1) is 23.6. The predicted molar refractivity (Wildman–Crippen MR) is 120 cm³/mol. The summed E-state index contributed by atoms with van der Waals surface area (Å²) in [6, 6.07) is 6.31. The van der Waals surface area contributed by atoms with E-state index in [-0.39, 0.29) is 24.8 Å². The van der Waals surface area contributed by atoms with Gasteiger partial charge in [-0.05, 0) is 50.5 Å². The highest BCUT2D eigenvalue weighted by Crippen LogP contribution is 2.42. The van der Waals surface area contributed by atoms with Crippen molar-refractivity contribution in [1.82, 2.24) is 19.6 Å². The van der Waals surface area contributed by atoms with Crippen LogP contribution in [0, 0.1) is 13.8 Å². The van der Waals surface area contributed by atoms with E-state index >= 15 is 0 Å². The van der Waals surface area contributed by atoms with Crippen LogP contribution in [0.15, 0.2) is 24.3 Å². The Bertz CT molecular complexity index is 1200. The second-order valence-corrected chi connectivity index (χ2v) is 9.03. The summed E-state index contributed by atoms with van der Waals surface area (Å²) >= 11 is 12.2. The van der Waals surface area contributed by atoms with Gasteiger partial charge in [0.2, 0.25) is 5.91 Å². The molecule has 0 saturated heterocycles. The predicted octanol–water partition coefficient (Wildman–Crippen LogP) is 5.98. The highest BCUT2D eigenvalue weighted by Gasteiger charge is 2.37. The summed E-state index contributed by atoms with van der Waals surface area (Å²) in [6.45, 7) is 4.07. The standard InChI is InChI=1S/C22H22Cl2F3N5O/c1-12-21(13(2)32(29-12)11-15-5-6-16(23)9-17(15)24)28-20(33)7-8-31-18(14-3-4-14)10-19(30-31)22(25,26)27/h5-6,9-10,14H,3-4,7-8,11H2,1-2H3,(H,28,33). The van der Waals surface area contributed by atoms with Crippen molar-refractivity contribution in [1.29, 1.82) is 0 Å². The number of aromatic nitrogens is 4.